The van der Waals surface area contributed by atoms with E-state index in [0.29, 0.717) is 6.04 Å². The maximum absolute atomic E-state index is 9.71. The van der Waals surface area contributed by atoms with Crippen molar-refractivity contribution in [3.8, 4) is 0 Å². The molecule has 1 aromatic carbocycles. The smallest absolute Gasteiger partial charge is 0.0782 e. The number of benzene rings is 1. The van der Waals surface area contributed by atoms with Gasteiger partial charge in [0.2, 0.25) is 0 Å². The average molecular weight is 272 g/mol. The van der Waals surface area contributed by atoms with Crippen molar-refractivity contribution in [3.05, 3.63) is 28.2 Å². The lowest BCUT2D eigenvalue weighted by Gasteiger charge is -2.27. The lowest BCUT2D eigenvalue weighted by molar-refractivity contribution is 0.199. The van der Waals surface area contributed by atoms with Crippen molar-refractivity contribution in [1.29, 1.82) is 0 Å². The molecule has 0 fully saturated rings. The van der Waals surface area contributed by atoms with Gasteiger partial charge in [-0.25, -0.2) is 0 Å². The first-order valence-electron chi connectivity index (χ1n) is 5.13. The number of rotatable bonds is 3. The number of hydrogen-bond acceptors (Lipinski definition) is 2. The molecule has 0 saturated heterocycles. The Morgan fingerprint density at radius 1 is 1.27 bits per heavy atom. The van der Waals surface area contributed by atoms with Gasteiger partial charge >= 0.3 is 0 Å². The van der Waals surface area contributed by atoms with Crippen LogP contribution < -0.4 is 4.90 Å². The molecule has 0 aliphatic heterocycles. The molecule has 1 N–H and O–H groups in total. The molecule has 1 unspecified atom stereocenters. The molecule has 0 aliphatic carbocycles. The van der Waals surface area contributed by atoms with Crippen LogP contribution in [0.3, 0.4) is 0 Å². The number of halogens is 1. The van der Waals surface area contributed by atoms with E-state index in [1.54, 1.807) is 6.92 Å². The zero-order valence-electron chi connectivity index (χ0n) is 9.66. The maximum atomic E-state index is 9.71. The predicted octanol–water partition coefficient (Wildman–Crippen LogP) is 3.35. The molecule has 1 aromatic rings. The summed E-state index contributed by atoms with van der Waals surface area (Å²) in [6.45, 7) is 6.06. The lowest BCUT2D eigenvalue weighted by atomic mass is 10.1. The zero-order valence-corrected chi connectivity index (χ0v) is 11.2. The summed E-state index contributed by atoms with van der Waals surface area (Å²) in [5.41, 5.74) is 2.05. The van der Waals surface area contributed by atoms with Crippen LogP contribution in [0.1, 0.15) is 32.4 Å². The largest absolute Gasteiger partial charge is 0.389 e. The van der Waals surface area contributed by atoms with Crippen LogP contribution in [0.15, 0.2) is 22.7 Å². The molecule has 3 heteroatoms. The van der Waals surface area contributed by atoms with E-state index in [1.165, 1.54) is 0 Å². The number of hydrogen-bond donors (Lipinski definition) is 1. The van der Waals surface area contributed by atoms with Crippen molar-refractivity contribution in [2.75, 3.05) is 11.9 Å². The zero-order chi connectivity index (χ0) is 11.6. The van der Waals surface area contributed by atoms with Crippen LogP contribution in [0, 0.1) is 0 Å². The highest BCUT2D eigenvalue weighted by molar-refractivity contribution is 9.10. The van der Waals surface area contributed by atoms with Crippen molar-refractivity contribution < 1.29 is 5.11 Å². The second-order valence-electron chi connectivity index (χ2n) is 4.08. The third-order valence-electron chi connectivity index (χ3n) is 2.59. The Kier molecular flexibility index (Phi) is 4.17. The second-order valence-corrected chi connectivity index (χ2v) is 5.00. The summed E-state index contributed by atoms with van der Waals surface area (Å²) in [6, 6.07) is 6.43. The van der Waals surface area contributed by atoms with Crippen LogP contribution in [0.4, 0.5) is 5.69 Å². The molecule has 0 amide bonds. The van der Waals surface area contributed by atoms with Crippen LogP contribution in [0.5, 0.6) is 0 Å². The Morgan fingerprint density at radius 2 is 1.87 bits per heavy atom. The van der Waals surface area contributed by atoms with Crippen LogP contribution in [-0.4, -0.2) is 18.2 Å². The highest BCUT2D eigenvalue weighted by Crippen LogP contribution is 2.29. The van der Waals surface area contributed by atoms with E-state index >= 15 is 0 Å². The Balaban J connectivity index is 3.16. The van der Waals surface area contributed by atoms with Gasteiger partial charge in [0.05, 0.1) is 6.10 Å². The molecule has 0 spiro atoms. The molecule has 0 aromatic heterocycles. The minimum atomic E-state index is -0.446. The minimum absolute atomic E-state index is 0.420. The number of nitrogens with zero attached hydrogens (tertiary/aromatic N) is 1. The van der Waals surface area contributed by atoms with E-state index in [9.17, 15) is 5.11 Å². The first kappa shape index (κ1) is 12.5. The van der Waals surface area contributed by atoms with Gasteiger partial charge in [-0.1, -0.05) is 15.9 Å². The average Bonchev–Trinajstić information content (AvgIpc) is 2.16. The minimum Gasteiger partial charge on any atom is -0.389 e. The summed E-state index contributed by atoms with van der Waals surface area (Å²) in [4.78, 5) is 2.16. The predicted molar refractivity (Wildman–Crippen MR) is 68.3 cm³/mol. The van der Waals surface area contributed by atoms with E-state index in [0.717, 1.165) is 15.7 Å². The Hall–Kier alpha value is -0.540. The van der Waals surface area contributed by atoms with Gasteiger partial charge in [0.25, 0.3) is 0 Å². The summed E-state index contributed by atoms with van der Waals surface area (Å²) in [5, 5.41) is 9.71. The number of aliphatic hydroxyl groups is 1. The van der Waals surface area contributed by atoms with Gasteiger partial charge in [-0.05, 0) is 39.0 Å². The number of aliphatic hydroxyl groups excluding tert-OH is 1. The number of anilines is 1. The molecule has 84 valence electrons. The highest BCUT2D eigenvalue weighted by Gasteiger charge is 2.13. The van der Waals surface area contributed by atoms with E-state index in [4.69, 9.17) is 0 Å². The normalized spacial score (nSPS) is 13.0. The first-order chi connectivity index (χ1) is 6.93. The second kappa shape index (κ2) is 4.99. The lowest BCUT2D eigenvalue weighted by Crippen LogP contribution is -2.26. The summed E-state index contributed by atoms with van der Waals surface area (Å²) in [5.74, 6) is 0. The third kappa shape index (κ3) is 2.95. The summed E-state index contributed by atoms with van der Waals surface area (Å²) < 4.78 is 0.999. The van der Waals surface area contributed by atoms with Crippen molar-refractivity contribution in [1.82, 2.24) is 0 Å². The van der Waals surface area contributed by atoms with E-state index in [2.05, 4.69) is 34.7 Å². The SMILES string of the molecule is CC(O)c1cc(Br)ccc1N(C)C(C)C. The fourth-order valence-electron chi connectivity index (χ4n) is 1.46. The van der Waals surface area contributed by atoms with Gasteiger partial charge in [0, 0.05) is 28.8 Å². The Morgan fingerprint density at radius 3 is 2.33 bits per heavy atom. The molecule has 0 radical (unpaired) electrons. The van der Waals surface area contributed by atoms with E-state index < -0.39 is 6.10 Å². The molecule has 0 saturated carbocycles. The monoisotopic (exact) mass is 271 g/mol. The quantitative estimate of drug-likeness (QED) is 0.912. The molecule has 2 nitrogen and oxygen atoms in total. The third-order valence-corrected chi connectivity index (χ3v) is 3.09. The summed E-state index contributed by atoms with van der Waals surface area (Å²) in [7, 11) is 2.04. The maximum Gasteiger partial charge on any atom is 0.0782 e. The van der Waals surface area contributed by atoms with Crippen molar-refractivity contribution in [3.63, 3.8) is 0 Å². The molecule has 0 bridgehead atoms. The van der Waals surface area contributed by atoms with Crippen LogP contribution in [0.25, 0.3) is 0 Å². The fraction of sp³-hybridized carbons (Fsp3) is 0.500. The summed E-state index contributed by atoms with van der Waals surface area (Å²) >= 11 is 3.42. The summed E-state index contributed by atoms with van der Waals surface area (Å²) in [6.07, 6.45) is -0.446. The van der Waals surface area contributed by atoms with Gasteiger partial charge in [-0.15, -0.1) is 0 Å². The van der Waals surface area contributed by atoms with Crippen LogP contribution >= 0.6 is 15.9 Å². The topological polar surface area (TPSA) is 23.5 Å². The van der Waals surface area contributed by atoms with E-state index in [1.807, 2.05) is 25.2 Å². The van der Waals surface area contributed by atoms with Gasteiger partial charge in [-0.2, -0.15) is 0 Å². The van der Waals surface area contributed by atoms with Gasteiger partial charge in [-0.3, -0.25) is 0 Å². The van der Waals surface area contributed by atoms with Crippen LogP contribution in [-0.2, 0) is 0 Å². The molecule has 15 heavy (non-hydrogen) atoms. The Labute approximate surface area is 100 Å². The molecule has 0 heterocycles. The molecule has 0 aliphatic rings. The van der Waals surface area contributed by atoms with Gasteiger partial charge in [0.1, 0.15) is 0 Å². The molecule has 1 atom stereocenters. The standard InChI is InChI=1S/C12H18BrNO/c1-8(2)14(4)12-6-5-10(13)7-11(12)9(3)15/h5-9,15H,1-4H3. The van der Waals surface area contributed by atoms with E-state index in [-0.39, 0.29) is 0 Å². The highest BCUT2D eigenvalue weighted by atomic mass is 79.9. The molecular formula is C12H18BrNO. The molecule has 1 rings (SSSR count). The van der Waals surface area contributed by atoms with Crippen molar-refractivity contribution in [2.24, 2.45) is 0 Å². The van der Waals surface area contributed by atoms with Crippen molar-refractivity contribution in [2.45, 2.75) is 32.9 Å². The van der Waals surface area contributed by atoms with Gasteiger partial charge in [0.15, 0.2) is 0 Å². The fourth-order valence-corrected chi connectivity index (χ4v) is 1.84. The Bertz CT molecular complexity index is 336. The first-order valence-corrected chi connectivity index (χ1v) is 5.93. The van der Waals surface area contributed by atoms with Crippen molar-refractivity contribution >= 4 is 21.6 Å². The molecular weight excluding hydrogens is 254 g/mol. The van der Waals surface area contributed by atoms with Gasteiger partial charge < -0.3 is 10.0 Å². The van der Waals surface area contributed by atoms with Crippen LogP contribution in [0.2, 0.25) is 0 Å².